The Morgan fingerprint density at radius 2 is 0.732 bits per heavy atom. The minimum absolute atomic E-state index is 0.874. The van der Waals surface area contributed by atoms with Gasteiger partial charge in [0.15, 0.2) is 25.2 Å². The molecular formula is C30H52O26. The van der Waals surface area contributed by atoms with Crippen molar-refractivity contribution in [3.8, 4) is 0 Å². The van der Waals surface area contributed by atoms with E-state index >= 15 is 0 Å². The Bertz CT molecular complexity index is 1220. The molecule has 24 atom stereocenters. The van der Waals surface area contributed by atoms with Gasteiger partial charge in [-0.05, 0) is 0 Å². The third-order valence-corrected chi connectivity index (χ3v) is 10.4. The molecule has 0 radical (unpaired) electrons. The average molecular weight is 829 g/mol. The highest BCUT2D eigenvalue weighted by atomic mass is 16.8. The van der Waals surface area contributed by atoms with Crippen molar-refractivity contribution >= 4 is 0 Å². The number of aliphatic hydroxyl groups excluding tert-OH is 17. The van der Waals surface area contributed by atoms with Crippen LogP contribution in [0.5, 0.6) is 0 Å². The molecule has 0 aromatic rings. The van der Waals surface area contributed by atoms with Gasteiger partial charge in [-0.1, -0.05) is 0 Å². The zero-order valence-corrected chi connectivity index (χ0v) is 29.3. The lowest BCUT2D eigenvalue weighted by Crippen LogP contribution is -2.69. The van der Waals surface area contributed by atoms with Gasteiger partial charge in [0, 0.05) is 0 Å². The van der Waals surface area contributed by atoms with Crippen LogP contribution >= 0.6 is 0 Å². The maximum atomic E-state index is 11.4. The first-order chi connectivity index (χ1) is 26.5. The normalized spacial score (nSPS) is 53.0. The van der Waals surface area contributed by atoms with Gasteiger partial charge in [0.2, 0.25) is 5.79 Å². The first-order valence-electron chi connectivity index (χ1n) is 17.6. The number of ether oxygens (including phenoxy) is 9. The van der Waals surface area contributed by atoms with E-state index in [1.54, 1.807) is 0 Å². The first kappa shape index (κ1) is 46.0. The summed E-state index contributed by atoms with van der Waals surface area (Å²) >= 11 is 0. The van der Waals surface area contributed by atoms with Gasteiger partial charge in [0.25, 0.3) is 0 Å². The van der Waals surface area contributed by atoms with E-state index in [-0.39, 0.29) is 0 Å². The molecule has 5 aliphatic heterocycles. The fourth-order valence-electron chi connectivity index (χ4n) is 7.05. The standard InChI is InChI=1S/C30H52O26/c31-1-7-12(37)17(42)19(44)26(48-7)52-22-14(39)9(3-33)50-28(21(22)46)53-23-15(40)10(4-34)51-29(56-30(6-36)25(47)16(41)11(5-35)55-30)24(23)54-27-20(45)18(43)13(38)8(2-32)49-27/h7-29,31-47H,1-6H2/t7-,8-,9-,10-,11-,12-,13-,14-,15-,16-,17+,18+,19-,20-,21-,22+,23+,24-,25+,26+,27+,28+,29-,30+/m1/s1. The SMILES string of the molecule is OC[C@H]1O[C@@](CO)(O[C@H]2O[C@H](CO)[C@@H](O)[C@H](O[C@@H]3O[C@H](CO)[C@@H](O)[C@H](O[C@@H]4O[C@H](CO)[C@@H](O)[C@H](O)[C@H]4O)[C@H]3O)[C@H]2O[C@@H]2O[C@H](CO)[C@@H](O)[C@H](O)[C@H]2O)[C@@H](O)[C@@H]1O. The van der Waals surface area contributed by atoms with Crippen molar-refractivity contribution in [3.63, 3.8) is 0 Å². The van der Waals surface area contributed by atoms with Gasteiger partial charge < -0.3 is 129 Å². The maximum Gasteiger partial charge on any atom is 0.224 e. The Balaban J connectivity index is 1.50. The van der Waals surface area contributed by atoms with E-state index in [9.17, 15) is 86.8 Å². The molecule has 26 nitrogen and oxygen atoms in total. The lowest BCUT2D eigenvalue weighted by Gasteiger charge is -2.50. The van der Waals surface area contributed by atoms with Crippen LogP contribution in [-0.2, 0) is 42.6 Å². The van der Waals surface area contributed by atoms with Crippen molar-refractivity contribution in [2.45, 2.75) is 147 Å². The molecule has 5 rings (SSSR count). The van der Waals surface area contributed by atoms with Crippen LogP contribution in [0.2, 0.25) is 0 Å². The van der Waals surface area contributed by atoms with Crippen LogP contribution in [0, 0.1) is 0 Å². The molecule has 5 saturated heterocycles. The second-order valence-electron chi connectivity index (χ2n) is 14.0. The van der Waals surface area contributed by atoms with Crippen LogP contribution in [0.3, 0.4) is 0 Å². The molecule has 5 fully saturated rings. The Morgan fingerprint density at radius 1 is 0.357 bits per heavy atom. The second kappa shape index (κ2) is 19.1. The highest BCUT2D eigenvalue weighted by molar-refractivity contribution is 5.01. The Labute approximate surface area is 316 Å². The van der Waals surface area contributed by atoms with Crippen LogP contribution in [0.1, 0.15) is 0 Å². The summed E-state index contributed by atoms with van der Waals surface area (Å²) < 4.78 is 50.6. The predicted molar refractivity (Wildman–Crippen MR) is 167 cm³/mol. The van der Waals surface area contributed by atoms with Crippen LogP contribution < -0.4 is 0 Å². The van der Waals surface area contributed by atoms with Gasteiger partial charge in [0.1, 0.15) is 123 Å². The van der Waals surface area contributed by atoms with Crippen molar-refractivity contribution in [1.82, 2.24) is 0 Å². The van der Waals surface area contributed by atoms with Crippen molar-refractivity contribution in [3.05, 3.63) is 0 Å². The third-order valence-electron chi connectivity index (χ3n) is 10.4. The van der Waals surface area contributed by atoms with E-state index in [2.05, 4.69) is 0 Å². The van der Waals surface area contributed by atoms with Crippen LogP contribution in [0.25, 0.3) is 0 Å². The first-order valence-corrected chi connectivity index (χ1v) is 17.6. The smallest absolute Gasteiger partial charge is 0.224 e. The highest BCUT2D eigenvalue weighted by Crippen LogP contribution is 2.40. The summed E-state index contributed by atoms with van der Waals surface area (Å²) in [6.45, 7) is -6.01. The fraction of sp³-hybridized carbons (Fsp3) is 1.00. The van der Waals surface area contributed by atoms with Crippen molar-refractivity contribution in [2.75, 3.05) is 39.6 Å². The summed E-state index contributed by atoms with van der Waals surface area (Å²) in [5.74, 6) is -2.65. The lowest BCUT2D eigenvalue weighted by molar-refractivity contribution is -0.424. The van der Waals surface area contributed by atoms with Gasteiger partial charge in [-0.3, -0.25) is 0 Å². The Kier molecular flexibility index (Phi) is 15.7. The van der Waals surface area contributed by atoms with Crippen LogP contribution in [0.4, 0.5) is 0 Å². The predicted octanol–water partition coefficient (Wildman–Crippen LogP) is -11.9. The summed E-state index contributed by atoms with van der Waals surface area (Å²) in [4.78, 5) is 0. The third kappa shape index (κ3) is 8.73. The van der Waals surface area contributed by atoms with Gasteiger partial charge in [-0.25, -0.2) is 0 Å². The molecule has 0 unspecified atom stereocenters. The average Bonchev–Trinajstić information content (AvgIpc) is 3.44. The molecule has 0 saturated carbocycles. The monoisotopic (exact) mass is 828 g/mol. The molecule has 17 N–H and O–H groups in total. The summed E-state index contributed by atoms with van der Waals surface area (Å²) in [6, 6.07) is 0. The fourth-order valence-corrected chi connectivity index (χ4v) is 7.05. The molecule has 0 amide bonds. The molecule has 0 spiro atoms. The molecule has 0 bridgehead atoms. The molecule has 5 heterocycles. The zero-order chi connectivity index (χ0) is 41.4. The largest absolute Gasteiger partial charge is 0.394 e. The van der Waals surface area contributed by atoms with Gasteiger partial charge in [-0.2, -0.15) is 0 Å². The molecule has 56 heavy (non-hydrogen) atoms. The lowest BCUT2D eigenvalue weighted by atomic mass is 9.95. The number of rotatable bonds is 14. The molecule has 328 valence electrons. The summed E-state index contributed by atoms with van der Waals surface area (Å²) in [7, 11) is 0. The summed E-state index contributed by atoms with van der Waals surface area (Å²) in [5.41, 5.74) is 0. The van der Waals surface area contributed by atoms with Crippen LogP contribution in [-0.4, -0.2) is 273 Å². The van der Waals surface area contributed by atoms with Crippen molar-refractivity contribution in [2.24, 2.45) is 0 Å². The van der Waals surface area contributed by atoms with E-state index < -0.39 is 187 Å². The van der Waals surface area contributed by atoms with E-state index in [1.807, 2.05) is 0 Å². The molecular weight excluding hydrogens is 776 g/mol. The number of aliphatic hydroxyl groups is 17. The minimum Gasteiger partial charge on any atom is -0.394 e. The van der Waals surface area contributed by atoms with Crippen LogP contribution in [0.15, 0.2) is 0 Å². The van der Waals surface area contributed by atoms with Crippen molar-refractivity contribution < 1.29 is 129 Å². The van der Waals surface area contributed by atoms with E-state index in [0.29, 0.717) is 0 Å². The topological polar surface area (TPSA) is 427 Å². The van der Waals surface area contributed by atoms with Gasteiger partial charge >= 0.3 is 0 Å². The molecule has 5 aliphatic rings. The number of hydrogen-bond acceptors (Lipinski definition) is 26. The molecule has 0 aliphatic carbocycles. The quantitative estimate of drug-likeness (QED) is 0.0773. The molecule has 0 aromatic carbocycles. The Hall–Kier alpha value is -1.04. The van der Waals surface area contributed by atoms with E-state index in [4.69, 9.17) is 42.6 Å². The second-order valence-corrected chi connectivity index (χ2v) is 14.0. The zero-order valence-electron chi connectivity index (χ0n) is 29.3. The Morgan fingerprint density at radius 3 is 1.16 bits per heavy atom. The number of hydrogen-bond donors (Lipinski definition) is 17. The van der Waals surface area contributed by atoms with E-state index in [0.717, 1.165) is 0 Å². The van der Waals surface area contributed by atoms with Gasteiger partial charge in [-0.15, -0.1) is 0 Å². The highest BCUT2D eigenvalue weighted by Gasteiger charge is 2.61. The molecule has 0 aromatic heterocycles. The summed E-state index contributed by atoms with van der Waals surface area (Å²) in [5, 5.41) is 177. The summed E-state index contributed by atoms with van der Waals surface area (Å²) in [6.07, 6.45) is -44.6. The molecule has 26 heteroatoms. The minimum atomic E-state index is -2.65. The van der Waals surface area contributed by atoms with E-state index in [1.165, 1.54) is 0 Å². The van der Waals surface area contributed by atoms with Crippen molar-refractivity contribution in [1.29, 1.82) is 0 Å². The maximum absolute atomic E-state index is 11.4. The van der Waals surface area contributed by atoms with Gasteiger partial charge in [0.05, 0.1) is 33.0 Å².